The van der Waals surface area contributed by atoms with E-state index in [1.54, 1.807) is 24.3 Å². The number of benzene rings is 1. The summed E-state index contributed by atoms with van der Waals surface area (Å²) in [5, 5.41) is 14.0. The van der Waals surface area contributed by atoms with Gasteiger partial charge in [-0.15, -0.1) is 12.3 Å². The zero-order valence-electron chi connectivity index (χ0n) is 15.2. The fraction of sp³-hybridized carbons (Fsp3) is 0.500. The average Bonchev–Trinajstić information content (AvgIpc) is 3.47. The van der Waals surface area contributed by atoms with Crippen LogP contribution in [0.5, 0.6) is 0 Å². The zero-order chi connectivity index (χ0) is 19.1. The van der Waals surface area contributed by atoms with Crippen LogP contribution in [0.4, 0.5) is 0 Å². The molecule has 2 amide bonds. The van der Waals surface area contributed by atoms with E-state index in [0.29, 0.717) is 50.1 Å². The molecule has 1 fully saturated rings. The summed E-state index contributed by atoms with van der Waals surface area (Å²) >= 11 is 0. The number of carbonyl (C=O) groups is 2. The highest BCUT2D eigenvalue weighted by atomic mass is 16.5. The quantitative estimate of drug-likeness (QED) is 0.690. The number of carbonyl (C=O) groups excluding carboxylic acids is 2. The van der Waals surface area contributed by atoms with E-state index in [4.69, 9.17) is 11.2 Å². The summed E-state index contributed by atoms with van der Waals surface area (Å²) in [7, 11) is 0. The molecule has 0 spiro atoms. The molecule has 0 aromatic heterocycles. The second-order valence-corrected chi connectivity index (χ2v) is 6.83. The minimum absolute atomic E-state index is 0.119. The number of terminal acetylenes is 1. The van der Waals surface area contributed by atoms with E-state index < -0.39 is 5.66 Å². The van der Waals surface area contributed by atoms with Crippen LogP contribution in [0, 0.1) is 12.3 Å². The van der Waals surface area contributed by atoms with E-state index in [0.717, 1.165) is 12.8 Å². The number of nitrogens with zero attached hydrogens (tertiary/aromatic N) is 2. The van der Waals surface area contributed by atoms with Crippen molar-refractivity contribution in [3.05, 3.63) is 35.4 Å². The molecule has 3 rings (SSSR count). The Morgan fingerprint density at radius 1 is 1.19 bits per heavy atom. The molecule has 0 bridgehead atoms. The van der Waals surface area contributed by atoms with Crippen molar-refractivity contribution in [2.24, 2.45) is 10.2 Å². The van der Waals surface area contributed by atoms with Gasteiger partial charge in [0.15, 0.2) is 5.66 Å². The summed E-state index contributed by atoms with van der Waals surface area (Å²) in [5.74, 6) is 2.20. The van der Waals surface area contributed by atoms with Crippen molar-refractivity contribution in [2.45, 2.75) is 43.8 Å². The number of nitrogens with one attached hydrogen (secondary N) is 2. The molecule has 1 aromatic rings. The molecule has 2 aliphatic heterocycles. The number of hydrogen-bond donors (Lipinski definition) is 2. The van der Waals surface area contributed by atoms with Gasteiger partial charge in [0, 0.05) is 56.2 Å². The molecular weight excluding hydrogens is 344 g/mol. The van der Waals surface area contributed by atoms with Crippen LogP contribution >= 0.6 is 0 Å². The average molecular weight is 368 g/mol. The molecule has 7 heteroatoms. The number of amides is 2. The fourth-order valence-electron chi connectivity index (χ4n) is 3.06. The van der Waals surface area contributed by atoms with Crippen LogP contribution in [0.3, 0.4) is 0 Å². The minimum Gasteiger partial charge on any atom is -0.381 e. The molecule has 1 aromatic carbocycles. The van der Waals surface area contributed by atoms with Crippen LogP contribution in [0.25, 0.3) is 0 Å². The smallest absolute Gasteiger partial charge is 0.251 e. The first-order valence-electron chi connectivity index (χ1n) is 9.26. The monoisotopic (exact) mass is 368 g/mol. The Hall–Kier alpha value is -2.72. The molecule has 2 aliphatic rings. The van der Waals surface area contributed by atoms with Gasteiger partial charge in [0.25, 0.3) is 11.8 Å². The van der Waals surface area contributed by atoms with Crippen LogP contribution in [0.15, 0.2) is 34.5 Å². The molecule has 0 radical (unpaired) electrons. The summed E-state index contributed by atoms with van der Waals surface area (Å²) in [6.07, 6.45) is 8.85. The molecule has 27 heavy (non-hydrogen) atoms. The predicted octanol–water partition coefficient (Wildman–Crippen LogP) is 2.29. The Morgan fingerprint density at radius 3 is 2.56 bits per heavy atom. The molecule has 1 saturated heterocycles. The van der Waals surface area contributed by atoms with Gasteiger partial charge in [0.1, 0.15) is 0 Å². The predicted molar refractivity (Wildman–Crippen MR) is 100 cm³/mol. The summed E-state index contributed by atoms with van der Waals surface area (Å²) < 4.78 is 5.30. The van der Waals surface area contributed by atoms with Crippen molar-refractivity contribution >= 4 is 11.8 Å². The van der Waals surface area contributed by atoms with Crippen LogP contribution in [-0.2, 0) is 4.74 Å². The second kappa shape index (κ2) is 8.78. The highest BCUT2D eigenvalue weighted by Gasteiger charge is 2.38. The Morgan fingerprint density at radius 2 is 1.89 bits per heavy atom. The first-order valence-corrected chi connectivity index (χ1v) is 9.26. The summed E-state index contributed by atoms with van der Waals surface area (Å²) in [6, 6.07) is 6.86. The van der Waals surface area contributed by atoms with E-state index in [1.165, 1.54) is 0 Å². The van der Waals surface area contributed by atoms with Gasteiger partial charge in [-0.3, -0.25) is 9.59 Å². The first-order chi connectivity index (χ1) is 13.1. The van der Waals surface area contributed by atoms with Gasteiger partial charge in [-0.05, 0) is 31.0 Å². The molecule has 142 valence electrons. The van der Waals surface area contributed by atoms with Crippen LogP contribution in [0.1, 0.15) is 52.8 Å². The fourth-order valence-corrected chi connectivity index (χ4v) is 3.06. The van der Waals surface area contributed by atoms with Gasteiger partial charge in [-0.2, -0.15) is 10.2 Å². The molecule has 7 nitrogen and oxygen atoms in total. The maximum atomic E-state index is 12.4. The van der Waals surface area contributed by atoms with Crippen molar-refractivity contribution in [1.82, 2.24) is 10.6 Å². The van der Waals surface area contributed by atoms with Crippen LogP contribution in [-0.4, -0.2) is 43.3 Å². The Bertz CT molecular complexity index is 757. The molecule has 2 N–H and O–H groups in total. The third kappa shape index (κ3) is 5.38. The Balaban J connectivity index is 1.49. The summed E-state index contributed by atoms with van der Waals surface area (Å²) in [6.45, 7) is 1.78. The lowest BCUT2D eigenvalue weighted by atomic mass is 10.0. The van der Waals surface area contributed by atoms with E-state index in [2.05, 4.69) is 26.8 Å². The number of ether oxygens (including phenoxy) is 1. The third-order valence-electron chi connectivity index (χ3n) is 4.81. The Kier molecular flexibility index (Phi) is 6.20. The number of hydrogen-bond acceptors (Lipinski definition) is 5. The number of rotatable bonds is 8. The summed E-state index contributed by atoms with van der Waals surface area (Å²) in [5.41, 5.74) is 0.522. The van der Waals surface area contributed by atoms with Gasteiger partial charge in [-0.25, -0.2) is 0 Å². The van der Waals surface area contributed by atoms with Crippen molar-refractivity contribution in [3.8, 4) is 12.3 Å². The van der Waals surface area contributed by atoms with Crippen molar-refractivity contribution in [1.29, 1.82) is 0 Å². The van der Waals surface area contributed by atoms with Gasteiger partial charge < -0.3 is 15.4 Å². The second-order valence-electron chi connectivity index (χ2n) is 6.83. The van der Waals surface area contributed by atoms with Crippen molar-refractivity contribution < 1.29 is 14.3 Å². The van der Waals surface area contributed by atoms with Gasteiger partial charge in [0.05, 0.1) is 0 Å². The molecule has 0 aliphatic carbocycles. The van der Waals surface area contributed by atoms with Crippen LogP contribution < -0.4 is 10.6 Å². The van der Waals surface area contributed by atoms with Gasteiger partial charge in [-0.1, -0.05) is 6.07 Å². The molecule has 2 heterocycles. The Labute approximate surface area is 159 Å². The van der Waals surface area contributed by atoms with Crippen molar-refractivity contribution in [2.75, 3.05) is 19.8 Å². The normalized spacial score (nSPS) is 17.7. The highest BCUT2D eigenvalue weighted by Crippen LogP contribution is 2.36. The summed E-state index contributed by atoms with van der Waals surface area (Å²) in [4.78, 5) is 24.8. The lowest BCUT2D eigenvalue weighted by Crippen LogP contribution is -2.39. The molecule has 0 saturated carbocycles. The zero-order valence-corrected chi connectivity index (χ0v) is 15.2. The van der Waals surface area contributed by atoms with E-state index in [-0.39, 0.29) is 17.9 Å². The maximum absolute atomic E-state index is 12.4. The van der Waals surface area contributed by atoms with E-state index >= 15 is 0 Å². The molecule has 0 atom stereocenters. The lowest BCUT2D eigenvalue weighted by Gasteiger charge is -2.23. The SMILES string of the molecule is C#CCCC1(CCNC(=O)c2cccc(C(=O)NC3CCOCC3)c2)N=N1. The van der Waals surface area contributed by atoms with Gasteiger partial charge >= 0.3 is 0 Å². The highest BCUT2D eigenvalue weighted by molar-refractivity contribution is 5.99. The first kappa shape index (κ1) is 19.1. The topological polar surface area (TPSA) is 92.2 Å². The van der Waals surface area contributed by atoms with Crippen molar-refractivity contribution in [3.63, 3.8) is 0 Å². The minimum atomic E-state index is -0.412. The molecular formula is C20H24N4O3. The third-order valence-corrected chi connectivity index (χ3v) is 4.81. The van der Waals surface area contributed by atoms with E-state index in [9.17, 15) is 9.59 Å². The standard InChI is InChI=1S/C20H24N4O3/c1-2-3-9-20(23-24-20)10-11-21-18(25)15-5-4-6-16(14-15)19(26)22-17-7-12-27-13-8-17/h1,4-6,14,17H,3,7-13H2,(H,21,25)(H,22,26). The van der Waals surface area contributed by atoms with Crippen LogP contribution in [0.2, 0.25) is 0 Å². The maximum Gasteiger partial charge on any atom is 0.251 e. The molecule has 0 unspecified atom stereocenters. The lowest BCUT2D eigenvalue weighted by molar-refractivity contribution is 0.0696. The van der Waals surface area contributed by atoms with Gasteiger partial charge in [0.2, 0.25) is 0 Å². The largest absolute Gasteiger partial charge is 0.381 e. The van der Waals surface area contributed by atoms with E-state index in [1.807, 2.05) is 0 Å².